The van der Waals surface area contributed by atoms with Crippen molar-refractivity contribution in [3.8, 4) is 0 Å². The Labute approximate surface area is 162 Å². The van der Waals surface area contributed by atoms with E-state index in [1.165, 1.54) is 4.90 Å². The van der Waals surface area contributed by atoms with Crippen molar-refractivity contribution in [2.45, 2.75) is 57.7 Å². The highest BCUT2D eigenvalue weighted by Gasteiger charge is 2.36. The van der Waals surface area contributed by atoms with Crippen LogP contribution in [-0.4, -0.2) is 76.0 Å². The molecule has 1 fully saturated rings. The molecule has 1 aliphatic rings. The van der Waals surface area contributed by atoms with Gasteiger partial charge in [-0.1, -0.05) is 13.8 Å². The van der Waals surface area contributed by atoms with Crippen LogP contribution in [0.1, 0.15) is 39.5 Å². The maximum atomic E-state index is 12.5. The maximum Gasteiger partial charge on any atom is 0.326 e. The van der Waals surface area contributed by atoms with Crippen molar-refractivity contribution < 1.29 is 34.2 Å². The zero-order valence-electron chi connectivity index (χ0n) is 16.0. The SMILES string of the molecule is CC(C)CC(NC(=O)C(CC(=O)O)NC(=O)C1CCCN1C(=O)CN)C(=O)O. The Morgan fingerprint density at radius 3 is 2.25 bits per heavy atom. The Morgan fingerprint density at radius 2 is 1.75 bits per heavy atom. The van der Waals surface area contributed by atoms with Crippen LogP contribution in [-0.2, 0) is 24.0 Å². The van der Waals surface area contributed by atoms with Gasteiger partial charge in [0.1, 0.15) is 18.1 Å². The Bertz CT molecular complexity index is 623. The Kier molecular flexibility index (Phi) is 8.83. The first kappa shape index (κ1) is 23.3. The first-order valence-corrected chi connectivity index (χ1v) is 9.11. The van der Waals surface area contributed by atoms with Gasteiger partial charge in [0, 0.05) is 6.54 Å². The predicted octanol–water partition coefficient (Wildman–Crippen LogP) is -1.49. The van der Waals surface area contributed by atoms with Crippen LogP contribution >= 0.6 is 0 Å². The van der Waals surface area contributed by atoms with Gasteiger partial charge in [-0.15, -0.1) is 0 Å². The largest absolute Gasteiger partial charge is 0.481 e. The molecule has 0 aromatic rings. The van der Waals surface area contributed by atoms with Crippen LogP contribution < -0.4 is 16.4 Å². The van der Waals surface area contributed by atoms with Crippen molar-refractivity contribution in [1.29, 1.82) is 0 Å². The summed E-state index contributed by atoms with van der Waals surface area (Å²) < 4.78 is 0. The lowest BCUT2D eigenvalue weighted by Gasteiger charge is -2.26. The molecule has 1 aliphatic heterocycles. The van der Waals surface area contributed by atoms with Gasteiger partial charge in [0.25, 0.3) is 0 Å². The molecule has 3 atom stereocenters. The molecule has 28 heavy (non-hydrogen) atoms. The number of aliphatic carboxylic acids is 2. The second-order valence-corrected chi connectivity index (χ2v) is 7.14. The maximum absolute atomic E-state index is 12.5. The molecule has 0 bridgehead atoms. The highest BCUT2D eigenvalue weighted by molar-refractivity contribution is 5.95. The number of hydrogen-bond donors (Lipinski definition) is 5. The third kappa shape index (κ3) is 6.80. The molecule has 1 saturated heterocycles. The van der Waals surface area contributed by atoms with E-state index < -0.39 is 54.2 Å². The average Bonchev–Trinajstić information content (AvgIpc) is 3.08. The normalized spacial score (nSPS) is 18.4. The Hall–Kier alpha value is -2.69. The molecule has 3 amide bonds. The summed E-state index contributed by atoms with van der Waals surface area (Å²) in [6.45, 7) is 3.64. The summed E-state index contributed by atoms with van der Waals surface area (Å²) in [5.41, 5.74) is 5.33. The van der Waals surface area contributed by atoms with Gasteiger partial charge in [-0.2, -0.15) is 0 Å². The number of nitrogens with one attached hydrogen (secondary N) is 2. The fourth-order valence-corrected chi connectivity index (χ4v) is 3.07. The van der Waals surface area contributed by atoms with E-state index in [1.54, 1.807) is 13.8 Å². The van der Waals surface area contributed by atoms with Crippen LogP contribution in [0.4, 0.5) is 0 Å². The van der Waals surface area contributed by atoms with Crippen molar-refractivity contribution in [2.24, 2.45) is 11.7 Å². The lowest BCUT2D eigenvalue weighted by molar-refractivity contribution is -0.144. The van der Waals surface area contributed by atoms with E-state index >= 15 is 0 Å². The van der Waals surface area contributed by atoms with Gasteiger partial charge in [0.05, 0.1) is 13.0 Å². The zero-order valence-corrected chi connectivity index (χ0v) is 16.0. The number of nitrogens with two attached hydrogens (primary N) is 1. The standard InChI is InChI=1S/C17H28N4O7/c1-9(2)6-11(17(27)28)20-15(25)10(7-14(23)24)19-16(26)12-4-3-5-21(12)13(22)8-18/h9-12H,3-8,18H2,1-2H3,(H,19,26)(H,20,25)(H,23,24)(H,27,28). The average molecular weight is 400 g/mol. The first-order valence-electron chi connectivity index (χ1n) is 9.11. The van der Waals surface area contributed by atoms with Crippen molar-refractivity contribution in [3.05, 3.63) is 0 Å². The van der Waals surface area contributed by atoms with Crippen LogP contribution in [0.25, 0.3) is 0 Å². The van der Waals surface area contributed by atoms with Crippen LogP contribution in [0.2, 0.25) is 0 Å². The summed E-state index contributed by atoms with van der Waals surface area (Å²) in [6, 6.07) is -3.51. The minimum atomic E-state index is -1.46. The molecule has 6 N–H and O–H groups in total. The van der Waals surface area contributed by atoms with Crippen LogP contribution in [0.15, 0.2) is 0 Å². The Balaban J connectivity index is 2.87. The highest BCUT2D eigenvalue weighted by atomic mass is 16.4. The fourth-order valence-electron chi connectivity index (χ4n) is 3.07. The lowest BCUT2D eigenvalue weighted by atomic mass is 10.0. The minimum absolute atomic E-state index is 0.0248. The predicted molar refractivity (Wildman–Crippen MR) is 97.0 cm³/mol. The van der Waals surface area contributed by atoms with E-state index in [-0.39, 0.29) is 18.9 Å². The van der Waals surface area contributed by atoms with Gasteiger partial charge < -0.3 is 31.5 Å². The van der Waals surface area contributed by atoms with Gasteiger partial charge in [0.2, 0.25) is 17.7 Å². The number of carbonyl (C=O) groups excluding carboxylic acids is 3. The molecule has 0 aliphatic carbocycles. The summed E-state index contributed by atoms with van der Waals surface area (Å²) in [7, 11) is 0. The summed E-state index contributed by atoms with van der Waals surface area (Å²) in [5, 5.41) is 22.9. The molecular weight excluding hydrogens is 372 g/mol. The molecule has 0 spiro atoms. The van der Waals surface area contributed by atoms with E-state index in [0.29, 0.717) is 19.4 Å². The molecule has 0 radical (unpaired) electrons. The quantitative estimate of drug-likeness (QED) is 0.294. The molecule has 158 valence electrons. The topological polar surface area (TPSA) is 179 Å². The van der Waals surface area contributed by atoms with Crippen molar-refractivity contribution >= 4 is 29.7 Å². The number of carbonyl (C=O) groups is 5. The molecule has 0 aromatic carbocycles. The number of amides is 3. The highest BCUT2D eigenvalue weighted by Crippen LogP contribution is 2.17. The van der Waals surface area contributed by atoms with Crippen molar-refractivity contribution in [2.75, 3.05) is 13.1 Å². The smallest absolute Gasteiger partial charge is 0.326 e. The molecule has 0 aromatic heterocycles. The lowest BCUT2D eigenvalue weighted by Crippen LogP contribution is -2.56. The molecule has 11 heteroatoms. The monoisotopic (exact) mass is 400 g/mol. The van der Waals surface area contributed by atoms with Gasteiger partial charge in [-0.25, -0.2) is 4.79 Å². The number of carboxylic acids is 2. The van der Waals surface area contributed by atoms with E-state index in [1.807, 2.05) is 0 Å². The Morgan fingerprint density at radius 1 is 1.11 bits per heavy atom. The number of nitrogens with zero attached hydrogens (tertiary/aromatic N) is 1. The van der Waals surface area contributed by atoms with Gasteiger partial charge in [-0.05, 0) is 25.2 Å². The molecule has 3 unspecified atom stereocenters. The van der Waals surface area contributed by atoms with Crippen LogP contribution in [0.3, 0.4) is 0 Å². The van der Waals surface area contributed by atoms with Crippen LogP contribution in [0.5, 0.6) is 0 Å². The minimum Gasteiger partial charge on any atom is -0.481 e. The van der Waals surface area contributed by atoms with Gasteiger partial charge in [0.15, 0.2) is 0 Å². The van der Waals surface area contributed by atoms with E-state index in [2.05, 4.69) is 10.6 Å². The summed E-state index contributed by atoms with van der Waals surface area (Å²) in [4.78, 5) is 60.5. The van der Waals surface area contributed by atoms with Gasteiger partial charge in [-0.3, -0.25) is 19.2 Å². The van der Waals surface area contributed by atoms with Crippen molar-refractivity contribution in [1.82, 2.24) is 15.5 Å². The summed E-state index contributed by atoms with van der Waals surface area (Å²) >= 11 is 0. The summed E-state index contributed by atoms with van der Waals surface area (Å²) in [5.74, 6) is -4.60. The second kappa shape index (κ2) is 10.6. The number of carboxylic acid groups (broad SMARTS) is 2. The van der Waals surface area contributed by atoms with Crippen molar-refractivity contribution in [3.63, 3.8) is 0 Å². The van der Waals surface area contributed by atoms with E-state index in [0.717, 1.165) is 0 Å². The summed E-state index contributed by atoms with van der Waals surface area (Å²) in [6.07, 6.45) is 0.374. The molecular formula is C17H28N4O7. The third-order valence-corrected chi connectivity index (χ3v) is 4.38. The molecule has 1 heterocycles. The first-order chi connectivity index (χ1) is 13.1. The van der Waals surface area contributed by atoms with Gasteiger partial charge >= 0.3 is 11.9 Å². The van der Waals surface area contributed by atoms with E-state index in [9.17, 15) is 29.1 Å². The van der Waals surface area contributed by atoms with E-state index in [4.69, 9.17) is 10.8 Å². The van der Waals surface area contributed by atoms with Crippen LogP contribution in [0, 0.1) is 5.92 Å². The number of hydrogen-bond acceptors (Lipinski definition) is 6. The zero-order chi connectivity index (χ0) is 21.4. The number of rotatable bonds is 10. The molecule has 0 saturated carbocycles. The number of likely N-dealkylation sites (tertiary alicyclic amines) is 1. The fraction of sp³-hybridized carbons (Fsp3) is 0.706. The molecule has 11 nitrogen and oxygen atoms in total. The second-order valence-electron chi connectivity index (χ2n) is 7.14. The third-order valence-electron chi connectivity index (χ3n) is 4.38. The molecule has 1 rings (SSSR count).